The number of hydrogen-bond donors (Lipinski definition) is 1. The van der Waals surface area contributed by atoms with Crippen molar-refractivity contribution in [1.29, 1.82) is 0 Å². The van der Waals surface area contributed by atoms with Crippen molar-refractivity contribution in [2.75, 3.05) is 19.6 Å². The quantitative estimate of drug-likeness (QED) is 0.649. The van der Waals surface area contributed by atoms with E-state index in [2.05, 4.69) is 18.9 Å². The highest BCUT2D eigenvalue weighted by Gasteiger charge is 2.06. The van der Waals surface area contributed by atoms with Gasteiger partial charge in [0, 0.05) is 5.39 Å². The van der Waals surface area contributed by atoms with Crippen LogP contribution in [-0.4, -0.2) is 29.4 Å². The van der Waals surface area contributed by atoms with Gasteiger partial charge >= 0.3 is 0 Å². The molecule has 1 aromatic heterocycles. The highest BCUT2D eigenvalue weighted by atomic mass is 35.5. The number of rotatable bonds is 5. The lowest BCUT2D eigenvalue weighted by Gasteiger charge is -2.15. The average molecular weight is 282 g/mol. The molecule has 2 rings (SSSR count). The SMILES string of the molecule is CC[NH+](CC)CCn1ncc2ccccc2c1=O.[Cl-]. The summed E-state index contributed by atoms with van der Waals surface area (Å²) in [5.41, 5.74) is 0.0136. The molecule has 2 aromatic rings. The number of likely N-dealkylation sites (N-methyl/N-ethyl adjacent to an activating group) is 1. The molecule has 104 valence electrons. The third-order valence-corrected chi connectivity index (χ3v) is 3.44. The van der Waals surface area contributed by atoms with E-state index in [-0.39, 0.29) is 18.0 Å². The van der Waals surface area contributed by atoms with Gasteiger partial charge in [-0.1, -0.05) is 18.2 Å². The van der Waals surface area contributed by atoms with Crippen molar-refractivity contribution in [1.82, 2.24) is 9.78 Å². The lowest BCUT2D eigenvalue weighted by Crippen LogP contribution is -3.11. The molecule has 0 unspecified atom stereocenters. The Hall–Kier alpha value is -1.39. The van der Waals surface area contributed by atoms with Crippen LogP contribution in [0.4, 0.5) is 0 Å². The molecule has 1 aromatic carbocycles. The van der Waals surface area contributed by atoms with Gasteiger partial charge in [0.2, 0.25) is 0 Å². The maximum Gasteiger partial charge on any atom is 0.274 e. The molecular weight excluding hydrogens is 262 g/mol. The average Bonchev–Trinajstić information content (AvgIpc) is 2.42. The fourth-order valence-corrected chi connectivity index (χ4v) is 2.15. The second-order valence-corrected chi connectivity index (χ2v) is 4.47. The molecule has 1 N–H and O–H groups in total. The topological polar surface area (TPSA) is 39.3 Å². The van der Waals surface area contributed by atoms with E-state index in [0.717, 1.165) is 30.4 Å². The largest absolute Gasteiger partial charge is 1.00 e. The van der Waals surface area contributed by atoms with Crippen molar-refractivity contribution < 1.29 is 17.3 Å². The summed E-state index contributed by atoms with van der Waals surface area (Å²) in [4.78, 5) is 13.7. The Labute approximate surface area is 119 Å². The zero-order valence-electron chi connectivity index (χ0n) is 11.4. The molecular formula is C14H20ClN3O. The molecule has 0 aliphatic heterocycles. The van der Waals surface area contributed by atoms with E-state index in [4.69, 9.17) is 0 Å². The molecule has 4 nitrogen and oxygen atoms in total. The molecule has 0 saturated carbocycles. The Morgan fingerprint density at radius 3 is 2.58 bits per heavy atom. The van der Waals surface area contributed by atoms with Crippen molar-refractivity contribution in [2.24, 2.45) is 0 Å². The molecule has 0 bridgehead atoms. The van der Waals surface area contributed by atoms with Crippen LogP contribution in [0.15, 0.2) is 35.3 Å². The summed E-state index contributed by atoms with van der Waals surface area (Å²) < 4.78 is 1.58. The third-order valence-electron chi connectivity index (χ3n) is 3.44. The molecule has 0 amide bonds. The Bertz CT molecular complexity index is 578. The van der Waals surface area contributed by atoms with Crippen molar-refractivity contribution in [3.05, 3.63) is 40.8 Å². The van der Waals surface area contributed by atoms with Gasteiger partial charge in [0.25, 0.3) is 5.56 Å². The molecule has 0 radical (unpaired) electrons. The van der Waals surface area contributed by atoms with Gasteiger partial charge in [0.05, 0.1) is 37.8 Å². The number of nitrogens with zero attached hydrogens (tertiary/aromatic N) is 2. The minimum atomic E-state index is 0. The van der Waals surface area contributed by atoms with Crippen molar-refractivity contribution in [3.8, 4) is 0 Å². The number of hydrogen-bond acceptors (Lipinski definition) is 2. The second kappa shape index (κ2) is 7.26. The van der Waals surface area contributed by atoms with Crippen LogP contribution in [0.1, 0.15) is 13.8 Å². The molecule has 1 heterocycles. The normalized spacial score (nSPS) is 10.7. The van der Waals surface area contributed by atoms with Gasteiger partial charge in [-0.2, -0.15) is 5.10 Å². The van der Waals surface area contributed by atoms with Crippen LogP contribution in [0.25, 0.3) is 10.8 Å². The smallest absolute Gasteiger partial charge is 0.274 e. The summed E-state index contributed by atoms with van der Waals surface area (Å²) in [6.45, 7) is 8.11. The maximum absolute atomic E-state index is 12.2. The predicted molar refractivity (Wildman–Crippen MR) is 72.9 cm³/mol. The fourth-order valence-electron chi connectivity index (χ4n) is 2.15. The van der Waals surface area contributed by atoms with Gasteiger partial charge < -0.3 is 17.3 Å². The van der Waals surface area contributed by atoms with Crippen molar-refractivity contribution >= 4 is 10.8 Å². The summed E-state index contributed by atoms with van der Waals surface area (Å²) in [5, 5.41) is 5.90. The Morgan fingerprint density at radius 2 is 1.89 bits per heavy atom. The van der Waals surface area contributed by atoms with Crippen molar-refractivity contribution in [3.63, 3.8) is 0 Å². The summed E-state index contributed by atoms with van der Waals surface area (Å²) >= 11 is 0. The fraction of sp³-hybridized carbons (Fsp3) is 0.429. The number of quaternary nitrogens is 1. The number of benzene rings is 1. The maximum atomic E-state index is 12.2. The summed E-state index contributed by atoms with van der Waals surface area (Å²) in [5.74, 6) is 0. The van der Waals surface area contributed by atoms with Crippen LogP contribution in [0, 0.1) is 0 Å². The van der Waals surface area contributed by atoms with Gasteiger partial charge in [-0.25, -0.2) is 4.68 Å². The van der Waals surface area contributed by atoms with Gasteiger partial charge in [-0.05, 0) is 19.9 Å². The highest BCUT2D eigenvalue weighted by Crippen LogP contribution is 2.05. The van der Waals surface area contributed by atoms with E-state index >= 15 is 0 Å². The van der Waals surface area contributed by atoms with E-state index in [1.165, 1.54) is 4.90 Å². The van der Waals surface area contributed by atoms with Crippen LogP contribution in [0.3, 0.4) is 0 Å². The third kappa shape index (κ3) is 3.55. The van der Waals surface area contributed by atoms with Gasteiger partial charge in [0.1, 0.15) is 0 Å². The first-order chi connectivity index (χ1) is 8.76. The summed E-state index contributed by atoms with van der Waals surface area (Å²) in [6.07, 6.45) is 1.77. The minimum Gasteiger partial charge on any atom is -1.00 e. The molecule has 5 heteroatoms. The number of fused-ring (bicyclic) bond motifs is 1. The summed E-state index contributed by atoms with van der Waals surface area (Å²) in [7, 11) is 0. The van der Waals surface area contributed by atoms with E-state index in [1.807, 2.05) is 24.3 Å². The minimum absolute atomic E-state index is 0. The van der Waals surface area contributed by atoms with Crippen LogP contribution >= 0.6 is 0 Å². The first-order valence-corrected chi connectivity index (χ1v) is 6.54. The molecule has 0 atom stereocenters. The standard InChI is InChI=1S/C14H19N3O.ClH/c1-3-16(4-2)9-10-17-14(18)13-8-6-5-7-12(13)11-15-17;/h5-8,11H,3-4,9-10H2,1-2H3;1H. The highest BCUT2D eigenvalue weighted by molar-refractivity contribution is 5.80. The van der Waals surface area contributed by atoms with Crippen LogP contribution in [0.2, 0.25) is 0 Å². The number of aromatic nitrogens is 2. The van der Waals surface area contributed by atoms with Crippen LogP contribution in [-0.2, 0) is 6.54 Å². The number of nitrogens with one attached hydrogen (secondary N) is 1. The first kappa shape index (κ1) is 15.7. The number of halogens is 1. The molecule has 0 saturated heterocycles. The Balaban J connectivity index is 0.00000180. The predicted octanol–water partition coefficient (Wildman–Crippen LogP) is -2.67. The van der Waals surface area contributed by atoms with Gasteiger partial charge in [0.15, 0.2) is 0 Å². The van der Waals surface area contributed by atoms with E-state index in [1.54, 1.807) is 10.9 Å². The van der Waals surface area contributed by atoms with Gasteiger partial charge in [-0.15, -0.1) is 0 Å². The lowest BCUT2D eigenvalue weighted by atomic mass is 10.2. The molecule has 19 heavy (non-hydrogen) atoms. The summed E-state index contributed by atoms with van der Waals surface area (Å²) in [6, 6.07) is 7.60. The van der Waals surface area contributed by atoms with Crippen molar-refractivity contribution in [2.45, 2.75) is 20.4 Å². The molecule has 0 aliphatic rings. The van der Waals surface area contributed by atoms with Gasteiger partial charge in [-0.3, -0.25) is 4.79 Å². The zero-order chi connectivity index (χ0) is 13.0. The molecule has 0 spiro atoms. The monoisotopic (exact) mass is 281 g/mol. The zero-order valence-corrected chi connectivity index (χ0v) is 12.2. The molecule has 0 fully saturated rings. The lowest BCUT2D eigenvalue weighted by molar-refractivity contribution is -0.897. The van der Waals surface area contributed by atoms with Crippen LogP contribution in [0.5, 0.6) is 0 Å². The molecule has 0 aliphatic carbocycles. The van der Waals surface area contributed by atoms with E-state index in [0.29, 0.717) is 6.54 Å². The first-order valence-electron chi connectivity index (χ1n) is 6.54. The van der Waals surface area contributed by atoms with E-state index < -0.39 is 0 Å². The van der Waals surface area contributed by atoms with E-state index in [9.17, 15) is 4.79 Å². The Morgan fingerprint density at radius 1 is 1.21 bits per heavy atom. The second-order valence-electron chi connectivity index (χ2n) is 4.47. The Kier molecular flexibility index (Phi) is 5.99. The van der Waals surface area contributed by atoms with Crippen LogP contribution < -0.4 is 22.9 Å².